The lowest BCUT2D eigenvalue weighted by molar-refractivity contribution is 0.247. The first-order chi connectivity index (χ1) is 13.1. The summed E-state index contributed by atoms with van der Waals surface area (Å²) in [6.45, 7) is 7.45. The van der Waals surface area contributed by atoms with E-state index in [0.29, 0.717) is 19.1 Å². The van der Waals surface area contributed by atoms with Gasteiger partial charge in [-0.2, -0.15) is 0 Å². The predicted octanol–water partition coefficient (Wildman–Crippen LogP) is 4.61. The largest absolute Gasteiger partial charge is 0.492 e. The zero-order valence-corrected chi connectivity index (χ0v) is 16.2. The van der Waals surface area contributed by atoms with Crippen molar-refractivity contribution in [2.24, 2.45) is 0 Å². The number of hydrogen-bond donors (Lipinski definition) is 2. The predicted molar refractivity (Wildman–Crippen MR) is 111 cm³/mol. The summed E-state index contributed by atoms with van der Waals surface area (Å²) in [5, 5.41) is 5.67. The summed E-state index contributed by atoms with van der Waals surface area (Å²) in [4.78, 5) is 14.4. The lowest BCUT2D eigenvalue weighted by atomic mass is 10.0. The van der Waals surface area contributed by atoms with Crippen LogP contribution in [0, 0.1) is 0 Å². The van der Waals surface area contributed by atoms with Gasteiger partial charge in [0.15, 0.2) is 0 Å². The molecule has 1 saturated heterocycles. The summed E-state index contributed by atoms with van der Waals surface area (Å²) in [6, 6.07) is 15.9. The Hall–Kier alpha value is -2.69. The molecular weight excluding hydrogens is 338 g/mol. The van der Waals surface area contributed by atoms with Crippen LogP contribution in [-0.4, -0.2) is 32.3 Å². The number of carbonyl (C=O) groups excluding carboxylic acids is 1. The van der Waals surface area contributed by atoms with Gasteiger partial charge in [-0.05, 0) is 60.7 Å². The number of ether oxygens (including phenoxy) is 1. The molecule has 1 aliphatic rings. The van der Waals surface area contributed by atoms with Crippen LogP contribution in [0.15, 0.2) is 48.5 Å². The Labute approximate surface area is 161 Å². The van der Waals surface area contributed by atoms with Crippen molar-refractivity contribution < 1.29 is 9.53 Å². The minimum Gasteiger partial charge on any atom is -0.492 e. The molecule has 1 heterocycles. The first-order valence-corrected chi connectivity index (χ1v) is 9.74. The number of nitrogens with zero attached hydrogens (tertiary/aromatic N) is 1. The molecule has 0 radical (unpaired) electrons. The van der Waals surface area contributed by atoms with E-state index in [1.54, 1.807) is 0 Å². The first kappa shape index (κ1) is 19.1. The molecule has 2 N–H and O–H groups in total. The van der Waals surface area contributed by atoms with E-state index in [-0.39, 0.29) is 6.03 Å². The van der Waals surface area contributed by atoms with Crippen LogP contribution < -0.4 is 20.3 Å². The second kappa shape index (κ2) is 9.31. The van der Waals surface area contributed by atoms with Gasteiger partial charge in [-0.3, -0.25) is 0 Å². The van der Waals surface area contributed by atoms with Crippen LogP contribution in [0.4, 0.5) is 16.2 Å². The number of nitrogens with one attached hydrogen (secondary N) is 2. The number of amides is 2. The van der Waals surface area contributed by atoms with Gasteiger partial charge in [0.25, 0.3) is 0 Å². The van der Waals surface area contributed by atoms with Crippen LogP contribution in [0.2, 0.25) is 0 Å². The molecule has 144 valence electrons. The summed E-state index contributed by atoms with van der Waals surface area (Å²) < 4.78 is 5.67. The molecule has 0 spiro atoms. The lowest BCUT2D eigenvalue weighted by Gasteiger charge is -2.17. The SMILES string of the molecule is CC(C)c1ccc(OCCNC(=O)Nc2ccc(N3CCCC3)cc2)cc1. The standard InChI is InChI=1S/C22H29N3O2/c1-17(2)18-5-11-21(12-6-18)27-16-13-23-22(26)24-19-7-9-20(10-8-19)25-14-3-4-15-25/h5-12,17H,3-4,13-16H2,1-2H3,(H2,23,24,26). The molecule has 2 amide bonds. The third-order valence-corrected chi connectivity index (χ3v) is 4.80. The summed E-state index contributed by atoms with van der Waals surface area (Å²) in [6.07, 6.45) is 2.51. The number of urea groups is 1. The van der Waals surface area contributed by atoms with Gasteiger partial charge in [0.1, 0.15) is 12.4 Å². The highest BCUT2D eigenvalue weighted by molar-refractivity contribution is 5.89. The van der Waals surface area contributed by atoms with E-state index in [1.807, 2.05) is 24.3 Å². The average Bonchev–Trinajstić information content (AvgIpc) is 3.21. The van der Waals surface area contributed by atoms with Crippen LogP contribution in [0.25, 0.3) is 0 Å². The topological polar surface area (TPSA) is 53.6 Å². The zero-order chi connectivity index (χ0) is 19.1. The molecule has 1 fully saturated rings. The van der Waals surface area contributed by atoms with E-state index < -0.39 is 0 Å². The quantitative estimate of drug-likeness (QED) is 0.703. The van der Waals surface area contributed by atoms with Crippen molar-refractivity contribution in [1.29, 1.82) is 0 Å². The molecule has 0 atom stereocenters. The van der Waals surface area contributed by atoms with E-state index in [2.05, 4.69) is 53.6 Å². The van der Waals surface area contributed by atoms with E-state index in [4.69, 9.17) is 4.74 Å². The van der Waals surface area contributed by atoms with Gasteiger partial charge in [-0.15, -0.1) is 0 Å². The third kappa shape index (κ3) is 5.64. The van der Waals surface area contributed by atoms with Gasteiger partial charge in [0.05, 0.1) is 6.54 Å². The Morgan fingerprint density at radius 2 is 1.70 bits per heavy atom. The molecule has 0 aromatic heterocycles. The zero-order valence-electron chi connectivity index (χ0n) is 16.2. The third-order valence-electron chi connectivity index (χ3n) is 4.80. The molecule has 2 aromatic carbocycles. The fourth-order valence-corrected chi connectivity index (χ4v) is 3.19. The van der Waals surface area contributed by atoms with Crippen LogP contribution in [0.3, 0.4) is 0 Å². The molecule has 27 heavy (non-hydrogen) atoms. The summed E-state index contributed by atoms with van der Waals surface area (Å²) in [5.74, 6) is 1.33. The second-order valence-electron chi connectivity index (χ2n) is 7.19. The van der Waals surface area contributed by atoms with Crippen molar-refractivity contribution in [3.8, 4) is 5.75 Å². The van der Waals surface area contributed by atoms with Crippen molar-refractivity contribution in [3.05, 3.63) is 54.1 Å². The van der Waals surface area contributed by atoms with Crippen molar-refractivity contribution in [1.82, 2.24) is 5.32 Å². The normalized spacial score (nSPS) is 13.7. The molecule has 5 nitrogen and oxygen atoms in total. The van der Waals surface area contributed by atoms with Crippen LogP contribution in [-0.2, 0) is 0 Å². The van der Waals surface area contributed by atoms with Crippen molar-refractivity contribution in [2.45, 2.75) is 32.6 Å². The molecular formula is C22H29N3O2. The van der Waals surface area contributed by atoms with Crippen LogP contribution in [0.1, 0.15) is 38.2 Å². The van der Waals surface area contributed by atoms with Gasteiger partial charge in [-0.1, -0.05) is 26.0 Å². The average molecular weight is 367 g/mol. The minimum atomic E-state index is -0.220. The van der Waals surface area contributed by atoms with Gasteiger partial charge in [0.2, 0.25) is 0 Å². The number of hydrogen-bond acceptors (Lipinski definition) is 3. The van der Waals surface area contributed by atoms with Crippen molar-refractivity contribution >= 4 is 17.4 Å². The Balaban J connectivity index is 1.36. The highest BCUT2D eigenvalue weighted by atomic mass is 16.5. The Kier molecular flexibility index (Phi) is 6.58. The summed E-state index contributed by atoms with van der Waals surface area (Å²) in [7, 11) is 0. The molecule has 3 rings (SSSR count). The first-order valence-electron chi connectivity index (χ1n) is 9.74. The van der Waals surface area contributed by atoms with Gasteiger partial charge in [0, 0.05) is 24.5 Å². The maximum atomic E-state index is 12.0. The van der Waals surface area contributed by atoms with Gasteiger partial charge < -0.3 is 20.3 Å². The molecule has 5 heteroatoms. The van der Waals surface area contributed by atoms with Crippen LogP contribution >= 0.6 is 0 Å². The van der Waals surface area contributed by atoms with E-state index in [1.165, 1.54) is 24.1 Å². The Bertz CT molecular complexity index is 720. The van der Waals surface area contributed by atoms with E-state index in [0.717, 1.165) is 24.5 Å². The molecule has 0 aliphatic carbocycles. The molecule has 2 aromatic rings. The Morgan fingerprint density at radius 1 is 1.04 bits per heavy atom. The van der Waals surface area contributed by atoms with Crippen LogP contribution in [0.5, 0.6) is 5.75 Å². The maximum absolute atomic E-state index is 12.0. The molecule has 0 unspecified atom stereocenters. The number of anilines is 2. The summed E-state index contributed by atoms with van der Waals surface area (Å²) >= 11 is 0. The van der Waals surface area contributed by atoms with Crippen molar-refractivity contribution in [2.75, 3.05) is 36.5 Å². The summed E-state index contributed by atoms with van der Waals surface area (Å²) in [5.41, 5.74) is 3.30. The number of carbonyl (C=O) groups is 1. The van der Waals surface area contributed by atoms with E-state index >= 15 is 0 Å². The second-order valence-corrected chi connectivity index (χ2v) is 7.19. The highest BCUT2D eigenvalue weighted by Gasteiger charge is 2.12. The lowest BCUT2D eigenvalue weighted by Crippen LogP contribution is -2.32. The monoisotopic (exact) mass is 367 g/mol. The van der Waals surface area contributed by atoms with Gasteiger partial charge >= 0.3 is 6.03 Å². The van der Waals surface area contributed by atoms with E-state index in [9.17, 15) is 4.79 Å². The molecule has 1 aliphatic heterocycles. The number of benzene rings is 2. The molecule has 0 bridgehead atoms. The maximum Gasteiger partial charge on any atom is 0.319 e. The highest BCUT2D eigenvalue weighted by Crippen LogP contribution is 2.22. The fourth-order valence-electron chi connectivity index (χ4n) is 3.19. The van der Waals surface area contributed by atoms with Crippen molar-refractivity contribution in [3.63, 3.8) is 0 Å². The molecule has 0 saturated carbocycles. The fraction of sp³-hybridized carbons (Fsp3) is 0.409. The number of rotatable bonds is 7. The Morgan fingerprint density at radius 3 is 2.33 bits per heavy atom. The van der Waals surface area contributed by atoms with Gasteiger partial charge in [-0.25, -0.2) is 4.79 Å². The minimum absolute atomic E-state index is 0.220. The smallest absolute Gasteiger partial charge is 0.319 e.